The van der Waals surface area contributed by atoms with Gasteiger partial charge in [0.2, 0.25) is 6.79 Å². The monoisotopic (exact) mass is 233 g/mol. The molecule has 0 radical (unpaired) electrons. The number of nitrogens with one attached hydrogen (secondary N) is 1. The summed E-state index contributed by atoms with van der Waals surface area (Å²) in [6.07, 6.45) is 4.12. The zero-order chi connectivity index (χ0) is 11.7. The summed E-state index contributed by atoms with van der Waals surface area (Å²) in [5.74, 6) is 1.74. The maximum atomic E-state index is 5.37. The van der Waals surface area contributed by atoms with Gasteiger partial charge in [-0.05, 0) is 36.0 Å². The van der Waals surface area contributed by atoms with Crippen molar-refractivity contribution in [2.75, 3.05) is 13.3 Å². The van der Waals surface area contributed by atoms with Crippen molar-refractivity contribution in [3.63, 3.8) is 0 Å². The lowest BCUT2D eigenvalue weighted by atomic mass is 9.70. The zero-order valence-corrected chi connectivity index (χ0v) is 10.3. The van der Waals surface area contributed by atoms with Crippen LogP contribution in [-0.2, 0) is 6.54 Å². The third-order valence-electron chi connectivity index (χ3n) is 3.88. The van der Waals surface area contributed by atoms with Gasteiger partial charge in [-0.2, -0.15) is 0 Å². The Balaban J connectivity index is 1.54. The van der Waals surface area contributed by atoms with Crippen molar-refractivity contribution in [2.24, 2.45) is 5.41 Å². The molecule has 1 aliphatic heterocycles. The number of benzene rings is 1. The predicted octanol–water partition coefficient (Wildman–Crippen LogP) is 2.70. The maximum absolute atomic E-state index is 5.37. The third kappa shape index (κ3) is 2.25. The van der Waals surface area contributed by atoms with Gasteiger partial charge in [-0.3, -0.25) is 0 Å². The minimum absolute atomic E-state index is 0.351. The first kappa shape index (κ1) is 10.9. The van der Waals surface area contributed by atoms with Gasteiger partial charge in [0.25, 0.3) is 0 Å². The Morgan fingerprint density at radius 2 is 2.06 bits per heavy atom. The Morgan fingerprint density at radius 1 is 1.24 bits per heavy atom. The first-order valence-corrected chi connectivity index (χ1v) is 6.34. The van der Waals surface area contributed by atoms with Crippen LogP contribution in [0.25, 0.3) is 0 Å². The quantitative estimate of drug-likeness (QED) is 0.867. The van der Waals surface area contributed by atoms with Crippen LogP contribution in [0.4, 0.5) is 0 Å². The molecule has 0 bridgehead atoms. The van der Waals surface area contributed by atoms with Crippen molar-refractivity contribution < 1.29 is 9.47 Å². The number of hydrogen-bond acceptors (Lipinski definition) is 3. The van der Waals surface area contributed by atoms with Crippen LogP contribution in [0.15, 0.2) is 18.2 Å². The topological polar surface area (TPSA) is 30.5 Å². The predicted molar refractivity (Wildman–Crippen MR) is 66.2 cm³/mol. The van der Waals surface area contributed by atoms with Crippen LogP contribution in [-0.4, -0.2) is 13.3 Å². The van der Waals surface area contributed by atoms with Crippen LogP contribution in [0.5, 0.6) is 11.5 Å². The van der Waals surface area contributed by atoms with E-state index < -0.39 is 0 Å². The molecule has 0 spiro atoms. The third-order valence-corrected chi connectivity index (χ3v) is 3.88. The Bertz CT molecular complexity index is 413. The molecule has 1 saturated carbocycles. The van der Waals surface area contributed by atoms with E-state index in [9.17, 15) is 0 Å². The highest BCUT2D eigenvalue weighted by molar-refractivity contribution is 5.44. The van der Waals surface area contributed by atoms with Gasteiger partial charge in [0, 0.05) is 13.1 Å². The summed E-state index contributed by atoms with van der Waals surface area (Å²) in [6, 6.07) is 6.16. The summed E-state index contributed by atoms with van der Waals surface area (Å²) in [5, 5.41) is 3.54. The van der Waals surface area contributed by atoms with Gasteiger partial charge >= 0.3 is 0 Å². The highest BCUT2D eigenvalue weighted by Gasteiger charge is 2.30. The van der Waals surface area contributed by atoms with Crippen molar-refractivity contribution in [2.45, 2.75) is 32.7 Å². The smallest absolute Gasteiger partial charge is 0.231 e. The summed E-state index contributed by atoms with van der Waals surface area (Å²) < 4.78 is 10.7. The molecule has 1 aromatic rings. The molecule has 17 heavy (non-hydrogen) atoms. The van der Waals surface area contributed by atoms with E-state index in [4.69, 9.17) is 9.47 Å². The van der Waals surface area contributed by atoms with E-state index in [0.29, 0.717) is 12.2 Å². The first-order chi connectivity index (χ1) is 8.25. The number of fused-ring (bicyclic) bond motifs is 1. The average molecular weight is 233 g/mol. The van der Waals surface area contributed by atoms with Crippen LogP contribution in [0.2, 0.25) is 0 Å². The molecule has 1 N–H and O–H groups in total. The largest absolute Gasteiger partial charge is 0.454 e. The standard InChI is InChI=1S/C14H19NO2/c1-14(5-2-6-14)9-15-8-11-3-4-12-13(7-11)17-10-16-12/h3-4,7,15H,2,5-6,8-10H2,1H3. The van der Waals surface area contributed by atoms with Crippen LogP contribution in [0, 0.1) is 5.41 Å². The lowest BCUT2D eigenvalue weighted by molar-refractivity contribution is 0.156. The summed E-state index contributed by atoms with van der Waals surface area (Å²) in [4.78, 5) is 0. The molecule has 1 aromatic carbocycles. The summed E-state index contributed by atoms with van der Waals surface area (Å²) >= 11 is 0. The van der Waals surface area contributed by atoms with Crippen molar-refractivity contribution in [1.82, 2.24) is 5.32 Å². The summed E-state index contributed by atoms with van der Waals surface area (Å²) in [6.45, 7) is 4.74. The molecule has 0 saturated heterocycles. The van der Waals surface area contributed by atoms with Gasteiger partial charge in [-0.15, -0.1) is 0 Å². The molecule has 1 aliphatic carbocycles. The highest BCUT2D eigenvalue weighted by Crippen LogP contribution is 2.39. The SMILES string of the molecule is CC1(CNCc2ccc3c(c2)OCO3)CCC1. The van der Waals surface area contributed by atoms with Crippen molar-refractivity contribution in [1.29, 1.82) is 0 Å². The molecule has 3 heteroatoms. The number of ether oxygens (including phenoxy) is 2. The lowest BCUT2D eigenvalue weighted by Crippen LogP contribution is -2.36. The second-order valence-electron chi connectivity index (χ2n) is 5.46. The highest BCUT2D eigenvalue weighted by atomic mass is 16.7. The molecule has 92 valence electrons. The molecule has 0 unspecified atom stereocenters. The van der Waals surface area contributed by atoms with E-state index >= 15 is 0 Å². The molecular formula is C14H19NO2. The summed E-state index contributed by atoms with van der Waals surface area (Å²) in [7, 11) is 0. The minimum atomic E-state index is 0.351. The van der Waals surface area contributed by atoms with Crippen LogP contribution in [0.1, 0.15) is 31.7 Å². The van der Waals surface area contributed by atoms with Gasteiger partial charge in [-0.1, -0.05) is 19.4 Å². The molecular weight excluding hydrogens is 214 g/mol. The Labute approximate surface area is 102 Å². The van der Waals surface area contributed by atoms with E-state index in [-0.39, 0.29) is 0 Å². The van der Waals surface area contributed by atoms with Crippen LogP contribution >= 0.6 is 0 Å². The van der Waals surface area contributed by atoms with Crippen molar-refractivity contribution >= 4 is 0 Å². The van der Waals surface area contributed by atoms with Crippen LogP contribution in [0.3, 0.4) is 0 Å². The van der Waals surface area contributed by atoms with Crippen molar-refractivity contribution in [3.8, 4) is 11.5 Å². The van der Waals surface area contributed by atoms with Gasteiger partial charge in [-0.25, -0.2) is 0 Å². The van der Waals surface area contributed by atoms with Gasteiger partial charge in [0.1, 0.15) is 0 Å². The lowest BCUT2D eigenvalue weighted by Gasteiger charge is -2.38. The second-order valence-corrected chi connectivity index (χ2v) is 5.46. The fourth-order valence-corrected chi connectivity index (χ4v) is 2.52. The average Bonchev–Trinajstić information content (AvgIpc) is 2.74. The Kier molecular flexibility index (Phi) is 2.71. The molecule has 0 amide bonds. The van der Waals surface area contributed by atoms with E-state index in [1.54, 1.807) is 0 Å². The normalized spacial score (nSPS) is 20.1. The molecule has 0 aromatic heterocycles. The van der Waals surface area contributed by atoms with Crippen molar-refractivity contribution in [3.05, 3.63) is 23.8 Å². The number of rotatable bonds is 4. The fourth-order valence-electron chi connectivity index (χ4n) is 2.52. The maximum Gasteiger partial charge on any atom is 0.231 e. The molecule has 3 rings (SSSR count). The van der Waals surface area contributed by atoms with E-state index in [0.717, 1.165) is 24.6 Å². The number of hydrogen-bond donors (Lipinski definition) is 1. The molecule has 0 atom stereocenters. The molecule has 2 aliphatic rings. The minimum Gasteiger partial charge on any atom is -0.454 e. The second kappa shape index (κ2) is 4.22. The van der Waals surface area contributed by atoms with Gasteiger partial charge in [0.15, 0.2) is 11.5 Å². The van der Waals surface area contributed by atoms with Crippen LogP contribution < -0.4 is 14.8 Å². The fraction of sp³-hybridized carbons (Fsp3) is 0.571. The Hall–Kier alpha value is -1.22. The zero-order valence-electron chi connectivity index (χ0n) is 10.3. The summed E-state index contributed by atoms with van der Waals surface area (Å²) in [5.41, 5.74) is 1.80. The molecule has 1 heterocycles. The van der Waals surface area contributed by atoms with E-state index in [1.165, 1.54) is 24.8 Å². The van der Waals surface area contributed by atoms with Gasteiger partial charge in [0.05, 0.1) is 0 Å². The van der Waals surface area contributed by atoms with Gasteiger partial charge < -0.3 is 14.8 Å². The van der Waals surface area contributed by atoms with E-state index in [1.807, 2.05) is 6.07 Å². The Morgan fingerprint density at radius 3 is 2.82 bits per heavy atom. The first-order valence-electron chi connectivity index (χ1n) is 6.34. The van der Waals surface area contributed by atoms with E-state index in [2.05, 4.69) is 24.4 Å². The molecule has 3 nitrogen and oxygen atoms in total. The molecule has 1 fully saturated rings.